The number of carbonyl (C=O) groups is 1. The van der Waals surface area contributed by atoms with E-state index >= 15 is 0 Å². The lowest BCUT2D eigenvalue weighted by molar-refractivity contribution is -0.123. The van der Waals surface area contributed by atoms with Crippen molar-refractivity contribution in [1.29, 1.82) is 0 Å². The minimum atomic E-state index is -3.11. The van der Waals surface area contributed by atoms with Gasteiger partial charge in [-0.15, -0.1) is 0 Å². The molecule has 0 saturated heterocycles. The van der Waals surface area contributed by atoms with Crippen molar-refractivity contribution in [3.05, 3.63) is 41.6 Å². The molecule has 0 bridgehead atoms. The van der Waals surface area contributed by atoms with E-state index in [4.69, 9.17) is 0 Å². The molecule has 5 heteroatoms. The number of carbonyl (C=O) groups excluding carboxylic acids is 1. The molecule has 0 spiro atoms. The molecular weight excluding hydrogens is 382 g/mol. The zero-order valence-electron chi connectivity index (χ0n) is 18.1. The number of nitrogens with zero attached hydrogens (tertiary/aromatic N) is 1. The fraction of sp³-hybridized carbons (Fsp3) is 0.583. The zero-order chi connectivity index (χ0) is 21.2. The minimum absolute atomic E-state index is 0.0555. The fourth-order valence-electron chi connectivity index (χ4n) is 4.14. The van der Waals surface area contributed by atoms with Crippen molar-refractivity contribution in [1.82, 2.24) is 4.98 Å². The van der Waals surface area contributed by atoms with Crippen LogP contribution in [-0.4, -0.2) is 29.7 Å². The smallest absolute Gasteiger partial charge is 0.155 e. The normalized spacial score (nSPS) is 20.7. The lowest BCUT2D eigenvalue weighted by Crippen LogP contribution is -2.37. The predicted molar refractivity (Wildman–Crippen MR) is 119 cm³/mol. The minimum Gasteiger partial charge on any atom is -0.299 e. The van der Waals surface area contributed by atoms with E-state index in [1.807, 2.05) is 45.9 Å². The summed E-state index contributed by atoms with van der Waals surface area (Å²) in [6.45, 7) is 7.54. The topological polar surface area (TPSA) is 64.1 Å². The molecule has 2 aromatic rings. The predicted octanol–water partition coefficient (Wildman–Crippen LogP) is 5.06. The first-order valence-electron chi connectivity index (χ1n) is 10.7. The average Bonchev–Trinajstić information content (AvgIpc) is 2.68. The third kappa shape index (κ3) is 5.06. The third-order valence-electron chi connectivity index (χ3n) is 6.72. The molecule has 0 aliphatic heterocycles. The van der Waals surface area contributed by atoms with Gasteiger partial charge in [0.25, 0.3) is 0 Å². The molecule has 1 aromatic heterocycles. The van der Waals surface area contributed by atoms with E-state index in [0.29, 0.717) is 12.8 Å². The van der Waals surface area contributed by atoms with E-state index in [-0.39, 0.29) is 23.4 Å². The molecule has 1 aromatic carbocycles. The van der Waals surface area contributed by atoms with Crippen LogP contribution in [0.5, 0.6) is 0 Å². The summed E-state index contributed by atoms with van der Waals surface area (Å²) in [5, 5.41) is 1.06. The number of fused-ring (bicyclic) bond motifs is 1. The van der Waals surface area contributed by atoms with Crippen molar-refractivity contribution in [2.75, 3.05) is 5.75 Å². The number of sulfone groups is 1. The van der Waals surface area contributed by atoms with Gasteiger partial charge in [0, 0.05) is 23.4 Å². The van der Waals surface area contributed by atoms with E-state index in [1.54, 1.807) is 0 Å². The summed E-state index contributed by atoms with van der Waals surface area (Å²) in [5.74, 6) is 0.774. The molecule has 158 valence electrons. The van der Waals surface area contributed by atoms with Gasteiger partial charge in [-0.25, -0.2) is 8.42 Å². The summed E-state index contributed by atoms with van der Waals surface area (Å²) in [4.78, 5) is 17.3. The molecule has 1 saturated carbocycles. The Labute approximate surface area is 175 Å². The van der Waals surface area contributed by atoms with Crippen LogP contribution in [0, 0.1) is 18.8 Å². The first-order chi connectivity index (χ1) is 13.6. The van der Waals surface area contributed by atoms with Crippen molar-refractivity contribution in [2.45, 2.75) is 71.0 Å². The Morgan fingerprint density at radius 1 is 1.10 bits per heavy atom. The number of aromatic nitrogens is 1. The Morgan fingerprint density at radius 2 is 1.79 bits per heavy atom. The highest BCUT2D eigenvalue weighted by atomic mass is 32.2. The summed E-state index contributed by atoms with van der Waals surface area (Å²) in [5.41, 5.74) is 2.97. The molecule has 0 radical (unpaired) electrons. The first kappa shape index (κ1) is 21.9. The molecule has 1 heterocycles. The van der Waals surface area contributed by atoms with Crippen LogP contribution in [0.25, 0.3) is 10.9 Å². The Hall–Kier alpha value is -1.75. The van der Waals surface area contributed by atoms with E-state index in [2.05, 4.69) is 17.1 Å². The van der Waals surface area contributed by atoms with Crippen LogP contribution in [0.15, 0.2) is 30.3 Å². The maximum Gasteiger partial charge on any atom is 0.155 e. The molecule has 0 N–H and O–H groups in total. The highest BCUT2D eigenvalue weighted by Crippen LogP contribution is 2.33. The van der Waals surface area contributed by atoms with Crippen molar-refractivity contribution >= 4 is 26.5 Å². The Kier molecular flexibility index (Phi) is 6.47. The van der Waals surface area contributed by atoms with E-state index < -0.39 is 14.6 Å². The molecule has 0 amide bonds. The van der Waals surface area contributed by atoms with E-state index in [0.717, 1.165) is 47.8 Å². The quantitative estimate of drug-likeness (QED) is 0.634. The van der Waals surface area contributed by atoms with Crippen LogP contribution in [-0.2, 0) is 21.1 Å². The number of Topliss-reactive ketones (excluding diaryl/α,β-unsaturated/α-hetero) is 1. The highest BCUT2D eigenvalue weighted by Gasteiger charge is 2.36. The number of pyridine rings is 1. The molecule has 4 nitrogen and oxygen atoms in total. The lowest BCUT2D eigenvalue weighted by atomic mass is 9.79. The number of benzene rings is 1. The van der Waals surface area contributed by atoms with Crippen LogP contribution >= 0.6 is 0 Å². The standard InChI is InChI=1S/C24H33NO3S/c1-5-24(3,4)29(27,28)16-18-7-11-20(12-8-18)23(26)15-19-9-13-22-21(14-19)10-6-17(2)25-22/h6,9-10,13-14,18,20H,5,7-8,11-12,15-16H2,1-4H3. The molecule has 1 aliphatic rings. The van der Waals surface area contributed by atoms with Gasteiger partial charge in [-0.2, -0.15) is 0 Å². The summed E-state index contributed by atoms with van der Waals surface area (Å²) < 4.78 is 24.7. The Balaban J connectivity index is 1.57. The summed E-state index contributed by atoms with van der Waals surface area (Å²) in [6, 6.07) is 10.1. The summed E-state index contributed by atoms with van der Waals surface area (Å²) in [6.07, 6.45) is 4.34. The second-order valence-electron chi connectivity index (χ2n) is 9.24. The van der Waals surface area contributed by atoms with Crippen LogP contribution in [0.2, 0.25) is 0 Å². The lowest BCUT2D eigenvalue weighted by Gasteiger charge is -2.31. The van der Waals surface area contributed by atoms with Gasteiger partial charge in [0.2, 0.25) is 0 Å². The molecule has 0 atom stereocenters. The molecule has 1 aliphatic carbocycles. The molecule has 3 rings (SSSR count). The Bertz CT molecular complexity index is 986. The van der Waals surface area contributed by atoms with Crippen LogP contribution < -0.4 is 0 Å². The van der Waals surface area contributed by atoms with Crippen LogP contribution in [0.4, 0.5) is 0 Å². The number of rotatable bonds is 7. The maximum atomic E-state index is 12.8. The van der Waals surface area contributed by atoms with Gasteiger partial charge in [0.05, 0.1) is 16.0 Å². The van der Waals surface area contributed by atoms with Gasteiger partial charge >= 0.3 is 0 Å². The first-order valence-corrected chi connectivity index (χ1v) is 12.4. The van der Waals surface area contributed by atoms with Crippen molar-refractivity contribution in [2.24, 2.45) is 11.8 Å². The number of ketones is 1. The fourth-order valence-corrected chi connectivity index (χ4v) is 5.98. The summed E-state index contributed by atoms with van der Waals surface area (Å²) >= 11 is 0. The van der Waals surface area contributed by atoms with Gasteiger partial charge < -0.3 is 0 Å². The zero-order valence-corrected chi connectivity index (χ0v) is 18.9. The highest BCUT2D eigenvalue weighted by molar-refractivity contribution is 7.92. The monoisotopic (exact) mass is 415 g/mol. The largest absolute Gasteiger partial charge is 0.299 e. The van der Waals surface area contributed by atoms with Crippen molar-refractivity contribution in [3.63, 3.8) is 0 Å². The van der Waals surface area contributed by atoms with Gasteiger partial charge in [-0.1, -0.05) is 19.1 Å². The van der Waals surface area contributed by atoms with Crippen molar-refractivity contribution in [3.8, 4) is 0 Å². The van der Waals surface area contributed by atoms with Crippen molar-refractivity contribution < 1.29 is 13.2 Å². The average molecular weight is 416 g/mol. The molecule has 29 heavy (non-hydrogen) atoms. The molecular formula is C24H33NO3S. The van der Waals surface area contributed by atoms with Gasteiger partial charge in [0.15, 0.2) is 9.84 Å². The SMILES string of the molecule is CCC(C)(C)S(=O)(=O)CC1CCC(C(=O)Cc2ccc3nc(C)ccc3c2)CC1. The van der Waals surface area contributed by atoms with Gasteiger partial charge in [0.1, 0.15) is 5.78 Å². The molecule has 0 unspecified atom stereocenters. The van der Waals surface area contributed by atoms with E-state index in [9.17, 15) is 13.2 Å². The van der Waals surface area contributed by atoms with Gasteiger partial charge in [-0.3, -0.25) is 9.78 Å². The number of aryl methyl sites for hydroxylation is 1. The second kappa shape index (κ2) is 8.55. The van der Waals surface area contributed by atoms with Crippen LogP contribution in [0.3, 0.4) is 0 Å². The molecule has 1 fully saturated rings. The third-order valence-corrected chi connectivity index (χ3v) is 9.60. The Morgan fingerprint density at radius 3 is 2.45 bits per heavy atom. The second-order valence-corrected chi connectivity index (χ2v) is 11.9. The van der Waals surface area contributed by atoms with Gasteiger partial charge in [-0.05, 0) is 82.6 Å². The summed E-state index contributed by atoms with van der Waals surface area (Å²) in [7, 11) is -3.11. The van der Waals surface area contributed by atoms with E-state index in [1.165, 1.54) is 0 Å². The maximum absolute atomic E-state index is 12.8. The van der Waals surface area contributed by atoms with Crippen LogP contribution in [0.1, 0.15) is 64.1 Å². The number of hydrogen-bond acceptors (Lipinski definition) is 4. The number of hydrogen-bond donors (Lipinski definition) is 0.